The second kappa shape index (κ2) is 7.87. The molecule has 7 heteroatoms. The van der Waals surface area contributed by atoms with Crippen LogP contribution in [0.1, 0.15) is 24.8 Å². The standard InChI is InChI=1S/C14H19F3N2O2/c1-10-4-5-11(18)9-12(10)19-13(20)3-2-7-21-8-6-14(15,16)17/h4-5,9H,2-3,6-8,18H2,1H3,(H,19,20). The number of nitrogen functional groups attached to an aromatic ring is 1. The third-order valence-corrected chi connectivity index (χ3v) is 2.76. The van der Waals surface area contributed by atoms with Gasteiger partial charge in [-0.1, -0.05) is 6.07 Å². The van der Waals surface area contributed by atoms with E-state index in [4.69, 9.17) is 10.5 Å². The van der Waals surface area contributed by atoms with Crippen LogP contribution in [0.15, 0.2) is 18.2 Å². The van der Waals surface area contributed by atoms with Gasteiger partial charge in [-0.25, -0.2) is 0 Å². The Bertz CT molecular complexity index is 476. The lowest BCUT2D eigenvalue weighted by Gasteiger charge is -2.10. The molecule has 21 heavy (non-hydrogen) atoms. The zero-order valence-corrected chi connectivity index (χ0v) is 11.8. The topological polar surface area (TPSA) is 64.3 Å². The molecule has 0 fully saturated rings. The molecule has 1 aromatic rings. The number of nitrogens with one attached hydrogen (secondary N) is 1. The summed E-state index contributed by atoms with van der Waals surface area (Å²) in [6.45, 7) is 1.59. The summed E-state index contributed by atoms with van der Waals surface area (Å²) >= 11 is 0. The monoisotopic (exact) mass is 304 g/mol. The highest BCUT2D eigenvalue weighted by Crippen LogP contribution is 2.19. The number of benzene rings is 1. The molecule has 0 aliphatic rings. The van der Waals surface area contributed by atoms with E-state index in [-0.39, 0.29) is 25.5 Å². The number of anilines is 2. The molecule has 0 unspecified atom stereocenters. The Kier molecular flexibility index (Phi) is 6.48. The van der Waals surface area contributed by atoms with Crippen molar-refractivity contribution in [2.24, 2.45) is 0 Å². The molecule has 4 nitrogen and oxygen atoms in total. The van der Waals surface area contributed by atoms with Crippen LogP contribution in [0, 0.1) is 6.92 Å². The summed E-state index contributed by atoms with van der Waals surface area (Å²) in [5.41, 5.74) is 7.70. The van der Waals surface area contributed by atoms with Gasteiger partial charge in [-0.05, 0) is 31.0 Å². The summed E-state index contributed by atoms with van der Waals surface area (Å²) < 4.78 is 40.4. The Morgan fingerprint density at radius 3 is 2.71 bits per heavy atom. The van der Waals surface area contributed by atoms with E-state index in [1.807, 2.05) is 6.92 Å². The molecule has 118 valence electrons. The maximum absolute atomic E-state index is 11.9. The number of hydrogen-bond donors (Lipinski definition) is 2. The molecular weight excluding hydrogens is 285 g/mol. The minimum atomic E-state index is -4.21. The average Bonchev–Trinajstić information content (AvgIpc) is 2.37. The Labute approximate surface area is 121 Å². The number of rotatable bonds is 7. The normalized spacial score (nSPS) is 11.4. The molecule has 1 aromatic carbocycles. The smallest absolute Gasteiger partial charge is 0.391 e. The Morgan fingerprint density at radius 1 is 1.33 bits per heavy atom. The molecule has 0 saturated heterocycles. The van der Waals surface area contributed by atoms with E-state index in [1.54, 1.807) is 18.2 Å². The van der Waals surface area contributed by atoms with E-state index in [0.717, 1.165) is 5.56 Å². The number of carbonyl (C=O) groups excluding carboxylic acids is 1. The van der Waals surface area contributed by atoms with Gasteiger partial charge in [0.2, 0.25) is 5.91 Å². The van der Waals surface area contributed by atoms with Gasteiger partial charge in [0.1, 0.15) is 0 Å². The van der Waals surface area contributed by atoms with E-state index in [0.29, 0.717) is 17.8 Å². The maximum atomic E-state index is 11.9. The number of amides is 1. The largest absolute Gasteiger partial charge is 0.399 e. The highest BCUT2D eigenvalue weighted by molar-refractivity contribution is 5.91. The minimum Gasteiger partial charge on any atom is -0.399 e. The molecule has 0 radical (unpaired) electrons. The SMILES string of the molecule is Cc1ccc(N)cc1NC(=O)CCCOCCC(F)(F)F. The summed E-state index contributed by atoms with van der Waals surface area (Å²) in [6, 6.07) is 5.19. The predicted octanol–water partition coefficient (Wildman–Crippen LogP) is 3.26. The van der Waals surface area contributed by atoms with Crippen molar-refractivity contribution in [3.8, 4) is 0 Å². The van der Waals surface area contributed by atoms with E-state index in [9.17, 15) is 18.0 Å². The van der Waals surface area contributed by atoms with Crippen LogP contribution in [0.25, 0.3) is 0 Å². The first-order chi connectivity index (χ1) is 9.78. The van der Waals surface area contributed by atoms with Crippen molar-refractivity contribution >= 4 is 17.3 Å². The van der Waals surface area contributed by atoms with Crippen LogP contribution < -0.4 is 11.1 Å². The van der Waals surface area contributed by atoms with Crippen LogP contribution in [-0.4, -0.2) is 25.3 Å². The zero-order valence-electron chi connectivity index (χ0n) is 11.8. The summed E-state index contributed by atoms with van der Waals surface area (Å²) in [5.74, 6) is -0.219. The molecule has 0 spiro atoms. The van der Waals surface area contributed by atoms with E-state index < -0.39 is 12.6 Å². The van der Waals surface area contributed by atoms with Crippen molar-refractivity contribution in [3.63, 3.8) is 0 Å². The predicted molar refractivity (Wildman–Crippen MR) is 74.9 cm³/mol. The molecule has 1 rings (SSSR count). The Morgan fingerprint density at radius 2 is 2.05 bits per heavy atom. The lowest BCUT2D eigenvalue weighted by atomic mass is 10.1. The quantitative estimate of drug-likeness (QED) is 0.600. The first kappa shape index (κ1) is 17.3. The number of carbonyl (C=O) groups is 1. The molecule has 0 atom stereocenters. The molecule has 0 saturated carbocycles. The van der Waals surface area contributed by atoms with E-state index in [2.05, 4.69) is 5.32 Å². The number of aryl methyl sites for hydroxylation is 1. The van der Waals surface area contributed by atoms with E-state index >= 15 is 0 Å². The van der Waals surface area contributed by atoms with Crippen molar-refractivity contribution in [3.05, 3.63) is 23.8 Å². The van der Waals surface area contributed by atoms with Gasteiger partial charge in [-0.3, -0.25) is 4.79 Å². The van der Waals surface area contributed by atoms with Crippen molar-refractivity contribution in [1.29, 1.82) is 0 Å². The van der Waals surface area contributed by atoms with Gasteiger partial charge >= 0.3 is 6.18 Å². The van der Waals surface area contributed by atoms with Gasteiger partial charge in [0.25, 0.3) is 0 Å². The number of hydrogen-bond acceptors (Lipinski definition) is 3. The summed E-state index contributed by atoms with van der Waals surface area (Å²) in [7, 11) is 0. The molecule has 3 N–H and O–H groups in total. The molecule has 0 aromatic heterocycles. The van der Waals surface area contributed by atoms with Crippen LogP contribution in [0.5, 0.6) is 0 Å². The highest BCUT2D eigenvalue weighted by atomic mass is 19.4. The lowest BCUT2D eigenvalue weighted by molar-refractivity contribution is -0.145. The van der Waals surface area contributed by atoms with Gasteiger partial charge in [-0.15, -0.1) is 0 Å². The van der Waals surface area contributed by atoms with Crippen LogP contribution >= 0.6 is 0 Å². The van der Waals surface area contributed by atoms with Gasteiger partial charge < -0.3 is 15.8 Å². The maximum Gasteiger partial charge on any atom is 0.391 e. The first-order valence-corrected chi connectivity index (χ1v) is 6.58. The second-order valence-electron chi connectivity index (χ2n) is 4.70. The number of ether oxygens (including phenoxy) is 1. The molecule has 0 aliphatic carbocycles. The van der Waals surface area contributed by atoms with Gasteiger partial charge in [0.15, 0.2) is 0 Å². The van der Waals surface area contributed by atoms with Crippen molar-refractivity contribution < 1.29 is 22.7 Å². The molecular formula is C14H19F3N2O2. The van der Waals surface area contributed by atoms with Crippen molar-refractivity contribution in [2.45, 2.75) is 32.4 Å². The second-order valence-corrected chi connectivity index (χ2v) is 4.70. The Hall–Kier alpha value is -1.76. The minimum absolute atomic E-state index is 0.124. The van der Waals surface area contributed by atoms with Crippen molar-refractivity contribution in [1.82, 2.24) is 0 Å². The molecule has 0 heterocycles. The average molecular weight is 304 g/mol. The Balaban J connectivity index is 2.21. The first-order valence-electron chi connectivity index (χ1n) is 6.58. The van der Waals surface area contributed by atoms with Crippen LogP contribution in [-0.2, 0) is 9.53 Å². The van der Waals surface area contributed by atoms with Gasteiger partial charge in [0, 0.05) is 24.4 Å². The van der Waals surface area contributed by atoms with E-state index in [1.165, 1.54) is 0 Å². The number of alkyl halides is 3. The number of halogens is 3. The van der Waals surface area contributed by atoms with Crippen molar-refractivity contribution in [2.75, 3.05) is 24.3 Å². The summed E-state index contributed by atoms with van der Waals surface area (Å²) in [6.07, 6.45) is -4.63. The summed E-state index contributed by atoms with van der Waals surface area (Å²) in [5, 5.41) is 2.71. The highest BCUT2D eigenvalue weighted by Gasteiger charge is 2.26. The third kappa shape index (κ3) is 7.55. The molecule has 0 aliphatic heterocycles. The third-order valence-electron chi connectivity index (χ3n) is 2.76. The fraction of sp³-hybridized carbons (Fsp3) is 0.500. The van der Waals surface area contributed by atoms with Gasteiger partial charge in [0.05, 0.1) is 13.0 Å². The summed E-state index contributed by atoms with van der Waals surface area (Å²) in [4.78, 5) is 11.7. The zero-order chi connectivity index (χ0) is 15.9. The van der Waals surface area contributed by atoms with Crippen LogP contribution in [0.4, 0.5) is 24.5 Å². The molecule has 1 amide bonds. The number of nitrogens with two attached hydrogens (primary N) is 1. The fourth-order valence-corrected chi connectivity index (χ4v) is 1.61. The van der Waals surface area contributed by atoms with Crippen LogP contribution in [0.3, 0.4) is 0 Å². The molecule has 0 bridgehead atoms. The van der Waals surface area contributed by atoms with Gasteiger partial charge in [-0.2, -0.15) is 13.2 Å². The fourth-order valence-electron chi connectivity index (χ4n) is 1.61. The lowest BCUT2D eigenvalue weighted by Crippen LogP contribution is -2.15. The van der Waals surface area contributed by atoms with Crippen LogP contribution in [0.2, 0.25) is 0 Å².